The molecule has 8 aromatic carbocycles. The van der Waals surface area contributed by atoms with E-state index in [2.05, 4.69) is 191 Å². The van der Waals surface area contributed by atoms with Crippen molar-refractivity contribution in [3.63, 3.8) is 0 Å². The Morgan fingerprint density at radius 3 is 1.69 bits per heavy atom. The van der Waals surface area contributed by atoms with Crippen molar-refractivity contribution in [1.82, 2.24) is 4.57 Å². The van der Waals surface area contributed by atoms with E-state index < -0.39 is 0 Å². The quantitative estimate of drug-likeness (QED) is 0.178. The first-order chi connectivity index (χ1) is 25.3. The summed E-state index contributed by atoms with van der Waals surface area (Å²) in [6.07, 6.45) is 0. The Balaban J connectivity index is 1.13. The van der Waals surface area contributed by atoms with Crippen LogP contribution in [0.15, 0.2) is 199 Å². The van der Waals surface area contributed by atoms with Gasteiger partial charge in [-0.15, -0.1) is 0 Å². The minimum atomic E-state index is 0.890. The highest BCUT2D eigenvalue weighted by Crippen LogP contribution is 2.45. The van der Waals surface area contributed by atoms with Crippen LogP contribution in [0.3, 0.4) is 0 Å². The molecule has 0 fully saturated rings. The van der Waals surface area contributed by atoms with Crippen LogP contribution in [0.25, 0.3) is 71.7 Å². The molecule has 10 aromatic rings. The third-order valence-electron chi connectivity index (χ3n) is 10.0. The van der Waals surface area contributed by atoms with Crippen LogP contribution in [-0.4, -0.2) is 4.57 Å². The van der Waals surface area contributed by atoms with Gasteiger partial charge in [0.2, 0.25) is 0 Å². The minimum Gasteiger partial charge on any atom is -0.456 e. The van der Waals surface area contributed by atoms with Gasteiger partial charge in [0, 0.05) is 44.0 Å². The predicted molar refractivity (Wildman–Crippen MR) is 214 cm³/mol. The first-order valence-corrected chi connectivity index (χ1v) is 17.4. The van der Waals surface area contributed by atoms with Crippen molar-refractivity contribution >= 4 is 60.8 Å². The molecule has 0 saturated heterocycles. The first kappa shape index (κ1) is 29.1. The van der Waals surface area contributed by atoms with E-state index in [9.17, 15) is 0 Å². The van der Waals surface area contributed by atoms with E-state index >= 15 is 0 Å². The van der Waals surface area contributed by atoms with Gasteiger partial charge in [0.25, 0.3) is 0 Å². The topological polar surface area (TPSA) is 21.3 Å². The molecule has 0 atom stereocenters. The van der Waals surface area contributed by atoms with Gasteiger partial charge in [-0.05, 0) is 71.8 Å². The fourth-order valence-corrected chi connectivity index (χ4v) is 7.78. The molecule has 240 valence electrons. The maximum atomic E-state index is 6.31. The van der Waals surface area contributed by atoms with Gasteiger partial charge in [-0.25, -0.2) is 0 Å². The van der Waals surface area contributed by atoms with Gasteiger partial charge in [0.15, 0.2) is 0 Å². The lowest BCUT2D eigenvalue weighted by molar-refractivity contribution is 0.669. The predicted octanol–water partition coefficient (Wildman–Crippen LogP) is 13.5. The lowest BCUT2D eigenvalue weighted by atomic mass is 9.96. The molecule has 3 heteroatoms. The van der Waals surface area contributed by atoms with Gasteiger partial charge >= 0.3 is 0 Å². The normalized spacial score (nSPS) is 11.5. The van der Waals surface area contributed by atoms with Crippen molar-refractivity contribution in [1.29, 1.82) is 0 Å². The maximum absolute atomic E-state index is 6.31. The minimum absolute atomic E-state index is 0.890. The van der Waals surface area contributed by atoms with Crippen LogP contribution in [0.4, 0.5) is 17.1 Å². The molecule has 0 spiro atoms. The number of furan rings is 1. The van der Waals surface area contributed by atoms with E-state index in [0.29, 0.717) is 0 Å². The fourth-order valence-electron chi connectivity index (χ4n) is 7.78. The van der Waals surface area contributed by atoms with Crippen molar-refractivity contribution in [2.24, 2.45) is 0 Å². The van der Waals surface area contributed by atoms with Crippen LogP contribution in [0.2, 0.25) is 0 Å². The standard InChI is InChI=1S/C48H32N2O/c1-2-15-34(16-3-1)49(43-24-10-7-20-39(43)40-22-14-28-47-48(40)41-21-8-13-27-46(41)51-47)35-31-29-33(30-32-35)36-17-4-9-23-42(36)50-44-25-11-5-18-37(44)38-19-6-12-26-45(38)50/h1-32H. The van der Waals surface area contributed by atoms with E-state index in [-0.39, 0.29) is 0 Å². The van der Waals surface area contributed by atoms with Gasteiger partial charge < -0.3 is 13.9 Å². The molecule has 0 amide bonds. The lowest BCUT2D eigenvalue weighted by Crippen LogP contribution is -2.11. The zero-order valence-electron chi connectivity index (χ0n) is 27.8. The highest BCUT2D eigenvalue weighted by molar-refractivity contribution is 6.14. The lowest BCUT2D eigenvalue weighted by Gasteiger charge is -2.28. The van der Waals surface area contributed by atoms with Crippen molar-refractivity contribution in [2.75, 3.05) is 4.90 Å². The molecule has 51 heavy (non-hydrogen) atoms. The second kappa shape index (κ2) is 11.9. The summed E-state index contributed by atoms with van der Waals surface area (Å²) in [7, 11) is 0. The molecule has 0 radical (unpaired) electrons. The molecule has 0 saturated carbocycles. The molecule has 2 heterocycles. The third kappa shape index (κ3) is 4.74. The average Bonchev–Trinajstić information content (AvgIpc) is 3.75. The number of hydrogen-bond acceptors (Lipinski definition) is 2. The number of para-hydroxylation sites is 6. The number of aromatic nitrogens is 1. The molecule has 3 nitrogen and oxygen atoms in total. The molecule has 0 aliphatic heterocycles. The second-order valence-corrected chi connectivity index (χ2v) is 12.9. The summed E-state index contributed by atoms with van der Waals surface area (Å²) < 4.78 is 8.71. The summed E-state index contributed by atoms with van der Waals surface area (Å²) in [5.41, 5.74) is 13.2. The Kier molecular flexibility index (Phi) is 6.81. The molecule has 2 aromatic heterocycles. The van der Waals surface area contributed by atoms with Crippen molar-refractivity contribution in [3.8, 4) is 27.9 Å². The Morgan fingerprint density at radius 2 is 0.922 bits per heavy atom. The zero-order valence-corrected chi connectivity index (χ0v) is 27.8. The molecular formula is C48H32N2O. The first-order valence-electron chi connectivity index (χ1n) is 17.4. The monoisotopic (exact) mass is 652 g/mol. The number of anilines is 3. The second-order valence-electron chi connectivity index (χ2n) is 12.9. The SMILES string of the molecule is c1ccc(N(c2ccc(-c3ccccc3-n3c4ccccc4c4ccccc43)cc2)c2ccccc2-c2cccc3oc4ccccc4c23)cc1. The van der Waals surface area contributed by atoms with Crippen LogP contribution in [0.5, 0.6) is 0 Å². The van der Waals surface area contributed by atoms with Crippen molar-refractivity contribution in [2.45, 2.75) is 0 Å². The summed E-state index contributed by atoms with van der Waals surface area (Å²) in [5, 5.41) is 4.77. The Hall–Kier alpha value is -6.84. The van der Waals surface area contributed by atoms with Gasteiger partial charge in [-0.3, -0.25) is 0 Å². The van der Waals surface area contributed by atoms with Gasteiger partial charge in [-0.2, -0.15) is 0 Å². The van der Waals surface area contributed by atoms with E-state index in [1.54, 1.807) is 0 Å². The third-order valence-corrected chi connectivity index (χ3v) is 10.0. The average molecular weight is 653 g/mol. The highest BCUT2D eigenvalue weighted by Gasteiger charge is 2.21. The zero-order chi connectivity index (χ0) is 33.7. The number of nitrogens with zero attached hydrogens (tertiary/aromatic N) is 2. The van der Waals surface area contributed by atoms with Gasteiger partial charge in [0.05, 0.1) is 22.4 Å². The summed E-state index contributed by atoms with van der Waals surface area (Å²) >= 11 is 0. The Bertz CT molecular complexity index is 2810. The van der Waals surface area contributed by atoms with E-state index in [1.807, 2.05) is 12.1 Å². The number of rotatable bonds is 6. The van der Waals surface area contributed by atoms with Gasteiger partial charge in [-0.1, -0.05) is 133 Å². The number of benzene rings is 8. The van der Waals surface area contributed by atoms with Crippen LogP contribution in [0, 0.1) is 0 Å². The van der Waals surface area contributed by atoms with Gasteiger partial charge in [0.1, 0.15) is 11.2 Å². The molecule has 0 aliphatic rings. The largest absolute Gasteiger partial charge is 0.456 e. The summed E-state index contributed by atoms with van der Waals surface area (Å²) in [4.78, 5) is 2.36. The molecule has 0 N–H and O–H groups in total. The molecular weight excluding hydrogens is 621 g/mol. The van der Waals surface area contributed by atoms with Crippen LogP contribution in [0.1, 0.15) is 0 Å². The molecule has 0 unspecified atom stereocenters. The highest BCUT2D eigenvalue weighted by atomic mass is 16.3. The van der Waals surface area contributed by atoms with Crippen LogP contribution >= 0.6 is 0 Å². The van der Waals surface area contributed by atoms with Crippen molar-refractivity contribution in [3.05, 3.63) is 194 Å². The molecule has 10 rings (SSSR count). The number of fused-ring (bicyclic) bond motifs is 6. The van der Waals surface area contributed by atoms with E-state index in [1.165, 1.54) is 27.4 Å². The summed E-state index contributed by atoms with van der Waals surface area (Å²) in [6.45, 7) is 0. The van der Waals surface area contributed by atoms with E-state index in [0.717, 1.165) is 61.4 Å². The van der Waals surface area contributed by atoms with Crippen molar-refractivity contribution < 1.29 is 4.42 Å². The molecule has 0 aliphatic carbocycles. The van der Waals surface area contributed by atoms with Crippen LogP contribution in [-0.2, 0) is 0 Å². The maximum Gasteiger partial charge on any atom is 0.136 e. The fraction of sp³-hybridized carbons (Fsp3) is 0. The summed E-state index contributed by atoms with van der Waals surface area (Å²) in [5.74, 6) is 0. The molecule has 0 bridgehead atoms. The Labute approximate surface area is 295 Å². The van der Waals surface area contributed by atoms with Crippen LogP contribution < -0.4 is 4.90 Å². The van der Waals surface area contributed by atoms with E-state index in [4.69, 9.17) is 4.42 Å². The number of hydrogen-bond donors (Lipinski definition) is 0. The Morgan fingerprint density at radius 1 is 0.373 bits per heavy atom. The smallest absolute Gasteiger partial charge is 0.136 e. The summed E-state index contributed by atoms with van der Waals surface area (Å²) in [6, 6.07) is 69.1.